The van der Waals surface area contributed by atoms with Crippen LogP contribution in [0.2, 0.25) is 0 Å². The van der Waals surface area contributed by atoms with Crippen LogP contribution < -0.4 is 10.6 Å². The van der Waals surface area contributed by atoms with E-state index in [1.165, 1.54) is 18.6 Å². The van der Waals surface area contributed by atoms with Gasteiger partial charge in [0.15, 0.2) is 5.96 Å². The molecular formula is C17H26IN5S. The van der Waals surface area contributed by atoms with E-state index in [-0.39, 0.29) is 24.0 Å². The number of aliphatic imine (C=N–C) groups is 1. The van der Waals surface area contributed by atoms with E-state index in [4.69, 9.17) is 4.99 Å². The fraction of sp³-hybridized carbons (Fsp3) is 0.529. The first-order valence-corrected chi connectivity index (χ1v) is 9.47. The van der Waals surface area contributed by atoms with Gasteiger partial charge in [0, 0.05) is 24.8 Å². The largest absolute Gasteiger partial charge is 0.357 e. The zero-order chi connectivity index (χ0) is 15.9. The third-order valence-corrected chi connectivity index (χ3v) is 5.29. The van der Waals surface area contributed by atoms with Gasteiger partial charge in [-0.1, -0.05) is 12.1 Å². The minimum absolute atomic E-state index is 0. The number of hydrogen-bond acceptors (Lipinski definition) is 3. The molecule has 2 heterocycles. The number of nitrogens with one attached hydrogen (secondary N) is 3. The van der Waals surface area contributed by atoms with Crippen molar-refractivity contribution >= 4 is 52.7 Å². The topological polar surface area (TPSA) is 65.1 Å². The maximum atomic E-state index is 4.71. The molecule has 1 aliphatic rings. The molecule has 132 valence electrons. The Kier molecular flexibility index (Phi) is 8.17. The Bertz CT molecular complexity index is 618. The second-order valence-electron chi connectivity index (χ2n) is 5.73. The number of guanidine groups is 1. The normalized spacial score (nSPS) is 17.7. The van der Waals surface area contributed by atoms with E-state index in [9.17, 15) is 0 Å². The molecule has 0 spiro atoms. The predicted octanol–water partition coefficient (Wildman–Crippen LogP) is 3.17. The Balaban J connectivity index is 0.00000208. The molecule has 0 amide bonds. The van der Waals surface area contributed by atoms with Gasteiger partial charge in [0.05, 0.1) is 17.6 Å². The van der Waals surface area contributed by atoms with E-state index in [0.29, 0.717) is 5.25 Å². The number of aromatic amines is 1. The van der Waals surface area contributed by atoms with Crippen molar-refractivity contribution in [2.45, 2.75) is 31.4 Å². The summed E-state index contributed by atoms with van der Waals surface area (Å²) in [6, 6.07) is 8.14. The lowest BCUT2D eigenvalue weighted by atomic mass is 10.2. The Labute approximate surface area is 164 Å². The van der Waals surface area contributed by atoms with Crippen molar-refractivity contribution < 1.29 is 0 Å². The van der Waals surface area contributed by atoms with Crippen LogP contribution in [0.25, 0.3) is 11.0 Å². The van der Waals surface area contributed by atoms with Crippen LogP contribution in [0, 0.1) is 0 Å². The SMILES string of the molecule is CCNC(=NCC1CCCS1)NCCc1nc2ccccc2[nH]1.I. The van der Waals surface area contributed by atoms with Gasteiger partial charge in [-0.2, -0.15) is 11.8 Å². The number of benzene rings is 1. The molecule has 1 aromatic carbocycles. The molecule has 0 saturated carbocycles. The average molecular weight is 459 g/mol. The minimum atomic E-state index is 0. The number of H-pyrrole nitrogens is 1. The van der Waals surface area contributed by atoms with Gasteiger partial charge >= 0.3 is 0 Å². The van der Waals surface area contributed by atoms with Crippen LogP contribution >= 0.6 is 35.7 Å². The average Bonchev–Trinajstić information content (AvgIpc) is 3.21. The number of fused-ring (bicyclic) bond motifs is 1. The lowest BCUT2D eigenvalue weighted by Crippen LogP contribution is -2.38. The summed E-state index contributed by atoms with van der Waals surface area (Å²) in [5.74, 6) is 3.22. The third-order valence-electron chi connectivity index (χ3n) is 3.91. The quantitative estimate of drug-likeness (QED) is 0.353. The molecule has 1 aliphatic heterocycles. The van der Waals surface area contributed by atoms with E-state index in [1.807, 2.05) is 30.0 Å². The van der Waals surface area contributed by atoms with Crippen LogP contribution in [0.1, 0.15) is 25.6 Å². The molecule has 1 fully saturated rings. The fourth-order valence-corrected chi connectivity index (χ4v) is 3.93. The van der Waals surface area contributed by atoms with Gasteiger partial charge < -0.3 is 15.6 Å². The molecule has 0 bridgehead atoms. The van der Waals surface area contributed by atoms with Crippen LogP contribution in [-0.4, -0.2) is 46.6 Å². The molecule has 7 heteroatoms. The number of para-hydroxylation sites is 2. The van der Waals surface area contributed by atoms with Crippen molar-refractivity contribution in [3.05, 3.63) is 30.1 Å². The van der Waals surface area contributed by atoms with Crippen molar-refractivity contribution in [2.24, 2.45) is 4.99 Å². The first-order chi connectivity index (χ1) is 11.3. The Morgan fingerprint density at radius 2 is 2.25 bits per heavy atom. The maximum Gasteiger partial charge on any atom is 0.191 e. The highest BCUT2D eigenvalue weighted by atomic mass is 127. The summed E-state index contributed by atoms with van der Waals surface area (Å²) in [5, 5.41) is 7.42. The molecule has 1 atom stereocenters. The van der Waals surface area contributed by atoms with Crippen LogP contribution in [0.4, 0.5) is 0 Å². The lowest BCUT2D eigenvalue weighted by Gasteiger charge is -2.12. The second kappa shape index (κ2) is 10.1. The van der Waals surface area contributed by atoms with Crippen molar-refractivity contribution in [1.29, 1.82) is 0 Å². The highest BCUT2D eigenvalue weighted by Gasteiger charge is 2.14. The number of hydrogen-bond donors (Lipinski definition) is 3. The van der Waals surface area contributed by atoms with Gasteiger partial charge in [-0.25, -0.2) is 4.98 Å². The number of halogens is 1. The molecular weight excluding hydrogens is 433 g/mol. The van der Waals surface area contributed by atoms with E-state index >= 15 is 0 Å². The molecule has 24 heavy (non-hydrogen) atoms. The number of nitrogens with zero attached hydrogens (tertiary/aromatic N) is 2. The molecule has 1 aromatic heterocycles. The highest BCUT2D eigenvalue weighted by molar-refractivity contribution is 14.0. The molecule has 0 aliphatic carbocycles. The lowest BCUT2D eigenvalue weighted by molar-refractivity contribution is 0.754. The maximum absolute atomic E-state index is 4.71. The van der Waals surface area contributed by atoms with Crippen LogP contribution in [0.5, 0.6) is 0 Å². The minimum Gasteiger partial charge on any atom is -0.357 e. The standard InChI is InChI=1S/C17H25N5S.HI/c1-2-18-17(20-12-13-6-5-11-23-13)19-10-9-16-21-14-7-3-4-8-15(14)22-16;/h3-4,7-8,13H,2,5-6,9-12H2,1H3,(H,21,22)(H2,18,19,20);1H. The van der Waals surface area contributed by atoms with Gasteiger partial charge in [0.2, 0.25) is 0 Å². The molecule has 0 radical (unpaired) electrons. The van der Waals surface area contributed by atoms with Gasteiger partial charge in [-0.05, 0) is 37.7 Å². The van der Waals surface area contributed by atoms with Crippen molar-refractivity contribution in [3.8, 4) is 0 Å². The molecule has 5 nitrogen and oxygen atoms in total. The summed E-state index contributed by atoms with van der Waals surface area (Å²) < 4.78 is 0. The van der Waals surface area contributed by atoms with Crippen molar-refractivity contribution in [2.75, 3.05) is 25.4 Å². The van der Waals surface area contributed by atoms with Crippen LogP contribution in [0.3, 0.4) is 0 Å². The second-order valence-corrected chi connectivity index (χ2v) is 7.14. The number of imidazole rings is 1. The number of rotatable bonds is 6. The highest BCUT2D eigenvalue weighted by Crippen LogP contribution is 2.25. The zero-order valence-corrected chi connectivity index (χ0v) is 17.2. The van der Waals surface area contributed by atoms with E-state index in [1.54, 1.807) is 0 Å². The first-order valence-electron chi connectivity index (χ1n) is 8.42. The summed E-state index contributed by atoms with van der Waals surface area (Å²) in [6.45, 7) is 4.71. The van der Waals surface area contributed by atoms with Gasteiger partial charge in [-0.15, -0.1) is 24.0 Å². The van der Waals surface area contributed by atoms with Crippen LogP contribution in [-0.2, 0) is 6.42 Å². The summed E-state index contributed by atoms with van der Waals surface area (Å²) in [7, 11) is 0. The zero-order valence-electron chi connectivity index (χ0n) is 14.0. The third kappa shape index (κ3) is 5.54. The first kappa shape index (κ1) is 19.4. The van der Waals surface area contributed by atoms with Gasteiger partial charge in [-0.3, -0.25) is 4.99 Å². The summed E-state index contributed by atoms with van der Waals surface area (Å²) in [4.78, 5) is 12.7. The van der Waals surface area contributed by atoms with Crippen molar-refractivity contribution in [3.63, 3.8) is 0 Å². The van der Waals surface area contributed by atoms with E-state index in [0.717, 1.165) is 48.9 Å². The molecule has 3 N–H and O–H groups in total. The Morgan fingerprint density at radius 3 is 3.00 bits per heavy atom. The van der Waals surface area contributed by atoms with Gasteiger partial charge in [0.1, 0.15) is 5.82 Å². The molecule has 1 saturated heterocycles. The summed E-state index contributed by atoms with van der Waals surface area (Å²) >= 11 is 2.05. The Morgan fingerprint density at radius 1 is 1.38 bits per heavy atom. The number of thioether (sulfide) groups is 1. The van der Waals surface area contributed by atoms with E-state index in [2.05, 4.69) is 33.6 Å². The molecule has 3 rings (SSSR count). The Hall–Kier alpha value is -0.960. The smallest absolute Gasteiger partial charge is 0.191 e. The predicted molar refractivity (Wildman–Crippen MR) is 115 cm³/mol. The van der Waals surface area contributed by atoms with Crippen LogP contribution in [0.15, 0.2) is 29.3 Å². The molecule has 1 unspecified atom stereocenters. The van der Waals surface area contributed by atoms with E-state index < -0.39 is 0 Å². The monoisotopic (exact) mass is 459 g/mol. The molecule has 2 aromatic rings. The number of aromatic nitrogens is 2. The van der Waals surface area contributed by atoms with Crippen molar-refractivity contribution in [1.82, 2.24) is 20.6 Å². The summed E-state index contributed by atoms with van der Waals surface area (Å²) in [5.41, 5.74) is 2.13. The fourth-order valence-electron chi connectivity index (χ4n) is 2.75. The summed E-state index contributed by atoms with van der Waals surface area (Å²) in [6.07, 6.45) is 3.49. The van der Waals surface area contributed by atoms with Gasteiger partial charge in [0.25, 0.3) is 0 Å².